The molecule has 0 saturated carbocycles. The Morgan fingerprint density at radius 1 is 1.33 bits per heavy atom. The van der Waals surface area contributed by atoms with E-state index in [0.717, 1.165) is 12.8 Å². The number of piperidine rings is 1. The average Bonchev–Trinajstić information content (AvgIpc) is 3.11. The molecule has 8 heteroatoms. The van der Waals surface area contributed by atoms with Gasteiger partial charge in [-0.25, -0.2) is 0 Å². The number of hydrogen-bond donors (Lipinski definition) is 1. The molecule has 1 aliphatic rings. The number of likely N-dealkylation sites (tertiary alicyclic amines) is 1. The number of rotatable bonds is 4. The maximum absolute atomic E-state index is 12.2. The highest BCUT2D eigenvalue weighted by Gasteiger charge is 2.24. The number of amides is 1. The summed E-state index contributed by atoms with van der Waals surface area (Å²) < 4.78 is 4.94. The summed E-state index contributed by atoms with van der Waals surface area (Å²) >= 11 is 6.10. The minimum Gasteiger partial charge on any atom is -0.472 e. The van der Waals surface area contributed by atoms with Crippen molar-refractivity contribution in [2.75, 3.05) is 18.4 Å². The molecule has 1 saturated heterocycles. The predicted octanol–water partition coefficient (Wildman–Crippen LogP) is 3.56. The zero-order valence-corrected chi connectivity index (χ0v) is 13.5. The molecule has 1 amide bonds. The number of halogens is 1. The van der Waals surface area contributed by atoms with E-state index >= 15 is 0 Å². The van der Waals surface area contributed by atoms with Gasteiger partial charge in [0.2, 0.25) is 0 Å². The van der Waals surface area contributed by atoms with E-state index in [-0.39, 0.29) is 17.6 Å². The van der Waals surface area contributed by atoms with Crippen LogP contribution >= 0.6 is 11.6 Å². The van der Waals surface area contributed by atoms with E-state index < -0.39 is 4.92 Å². The van der Waals surface area contributed by atoms with Gasteiger partial charge in [0, 0.05) is 31.3 Å². The van der Waals surface area contributed by atoms with Crippen molar-refractivity contribution in [1.82, 2.24) is 4.90 Å². The fraction of sp³-hybridized carbons (Fsp3) is 0.312. The number of nitro groups is 1. The van der Waals surface area contributed by atoms with E-state index in [1.54, 1.807) is 17.0 Å². The SMILES string of the molecule is O=C(c1ccoc1)N1CCC(Nc2ccc([N+](=O)[O-])cc2Cl)CC1. The number of carbonyl (C=O) groups is 1. The predicted molar refractivity (Wildman–Crippen MR) is 89.4 cm³/mol. The van der Waals surface area contributed by atoms with Crippen LogP contribution in [0.5, 0.6) is 0 Å². The van der Waals surface area contributed by atoms with Crippen LogP contribution in [-0.2, 0) is 0 Å². The molecule has 0 spiro atoms. The molecular weight excluding hydrogens is 334 g/mol. The molecular formula is C16H16ClN3O4. The number of hydrogen-bond acceptors (Lipinski definition) is 5. The number of nitrogens with one attached hydrogen (secondary N) is 1. The van der Waals surface area contributed by atoms with Gasteiger partial charge in [-0.3, -0.25) is 14.9 Å². The monoisotopic (exact) mass is 349 g/mol. The van der Waals surface area contributed by atoms with Crippen molar-refractivity contribution in [1.29, 1.82) is 0 Å². The summed E-state index contributed by atoms with van der Waals surface area (Å²) in [5.41, 5.74) is 1.19. The van der Waals surface area contributed by atoms with Crippen LogP contribution in [0.2, 0.25) is 5.02 Å². The molecule has 0 atom stereocenters. The largest absolute Gasteiger partial charge is 0.472 e. The van der Waals surface area contributed by atoms with Crippen molar-refractivity contribution in [3.05, 3.63) is 57.5 Å². The van der Waals surface area contributed by atoms with Gasteiger partial charge in [0.25, 0.3) is 11.6 Å². The van der Waals surface area contributed by atoms with E-state index in [0.29, 0.717) is 29.4 Å². The number of furan rings is 1. The standard InChI is InChI=1S/C16H16ClN3O4/c17-14-9-13(20(22)23)1-2-15(14)18-12-3-6-19(7-4-12)16(21)11-5-8-24-10-11/h1-2,5,8-10,12,18H,3-4,6-7H2. The fourth-order valence-corrected chi connectivity index (χ4v) is 2.98. The van der Waals surface area contributed by atoms with Crippen LogP contribution in [0, 0.1) is 10.1 Å². The molecule has 1 aromatic carbocycles. The third-order valence-electron chi connectivity index (χ3n) is 4.07. The molecule has 24 heavy (non-hydrogen) atoms. The highest BCUT2D eigenvalue weighted by atomic mass is 35.5. The maximum Gasteiger partial charge on any atom is 0.271 e. The van der Waals surface area contributed by atoms with Crippen LogP contribution < -0.4 is 5.32 Å². The summed E-state index contributed by atoms with van der Waals surface area (Å²) in [6.07, 6.45) is 4.48. The van der Waals surface area contributed by atoms with Gasteiger partial charge in [-0.15, -0.1) is 0 Å². The number of carbonyl (C=O) groups excluding carboxylic acids is 1. The Morgan fingerprint density at radius 2 is 2.08 bits per heavy atom. The van der Waals surface area contributed by atoms with Gasteiger partial charge in [-0.05, 0) is 25.0 Å². The van der Waals surface area contributed by atoms with Crippen LogP contribution in [0.4, 0.5) is 11.4 Å². The first-order valence-corrected chi connectivity index (χ1v) is 7.94. The van der Waals surface area contributed by atoms with E-state index in [9.17, 15) is 14.9 Å². The summed E-state index contributed by atoms with van der Waals surface area (Å²) in [5, 5.41) is 14.4. The molecule has 0 aliphatic carbocycles. The molecule has 1 aromatic heterocycles. The molecule has 2 aromatic rings. The Morgan fingerprint density at radius 3 is 2.67 bits per heavy atom. The lowest BCUT2D eigenvalue weighted by molar-refractivity contribution is -0.384. The van der Waals surface area contributed by atoms with Gasteiger partial charge in [0.1, 0.15) is 6.26 Å². The molecule has 0 unspecified atom stereocenters. The summed E-state index contributed by atoms with van der Waals surface area (Å²) in [4.78, 5) is 24.3. The van der Waals surface area contributed by atoms with Crippen molar-refractivity contribution in [3.63, 3.8) is 0 Å². The molecule has 2 heterocycles. The summed E-state index contributed by atoms with van der Waals surface area (Å²) in [5.74, 6) is -0.0319. The molecule has 3 rings (SSSR count). The van der Waals surface area contributed by atoms with Crippen molar-refractivity contribution in [2.24, 2.45) is 0 Å². The molecule has 1 fully saturated rings. The molecule has 7 nitrogen and oxygen atoms in total. The highest BCUT2D eigenvalue weighted by molar-refractivity contribution is 6.33. The molecule has 1 aliphatic heterocycles. The minimum atomic E-state index is -0.477. The first-order chi connectivity index (χ1) is 11.5. The van der Waals surface area contributed by atoms with Gasteiger partial charge in [0.15, 0.2) is 0 Å². The lowest BCUT2D eigenvalue weighted by Gasteiger charge is -2.32. The van der Waals surface area contributed by atoms with Gasteiger partial charge in [-0.1, -0.05) is 11.6 Å². The molecule has 1 N–H and O–H groups in total. The minimum absolute atomic E-state index is 0.0319. The fourth-order valence-electron chi connectivity index (χ4n) is 2.75. The Balaban J connectivity index is 1.58. The van der Waals surface area contributed by atoms with E-state index in [1.807, 2.05) is 0 Å². The second-order valence-corrected chi connectivity index (χ2v) is 6.05. The van der Waals surface area contributed by atoms with Gasteiger partial charge >= 0.3 is 0 Å². The topological polar surface area (TPSA) is 88.6 Å². The molecule has 0 bridgehead atoms. The van der Waals surface area contributed by atoms with E-state index in [2.05, 4.69) is 5.32 Å². The first-order valence-electron chi connectivity index (χ1n) is 7.56. The van der Waals surface area contributed by atoms with Crippen molar-refractivity contribution >= 4 is 28.9 Å². The van der Waals surface area contributed by atoms with Crippen molar-refractivity contribution < 1.29 is 14.1 Å². The molecule has 0 radical (unpaired) electrons. The number of nitro benzene ring substituents is 1. The lowest BCUT2D eigenvalue weighted by atomic mass is 10.0. The van der Waals surface area contributed by atoms with Crippen molar-refractivity contribution in [2.45, 2.75) is 18.9 Å². The normalized spacial score (nSPS) is 15.3. The summed E-state index contributed by atoms with van der Waals surface area (Å²) in [6, 6.07) is 6.19. The van der Waals surface area contributed by atoms with Crippen LogP contribution in [0.1, 0.15) is 23.2 Å². The van der Waals surface area contributed by atoms with E-state index in [1.165, 1.54) is 24.7 Å². The summed E-state index contributed by atoms with van der Waals surface area (Å²) in [7, 11) is 0. The van der Waals surface area contributed by atoms with Crippen LogP contribution in [0.25, 0.3) is 0 Å². The van der Waals surface area contributed by atoms with E-state index in [4.69, 9.17) is 16.0 Å². The number of non-ortho nitro benzene ring substituents is 1. The number of benzene rings is 1. The van der Waals surface area contributed by atoms with Crippen LogP contribution in [0.3, 0.4) is 0 Å². The number of anilines is 1. The lowest BCUT2D eigenvalue weighted by Crippen LogP contribution is -2.42. The van der Waals surface area contributed by atoms with Gasteiger partial charge in [-0.2, -0.15) is 0 Å². The average molecular weight is 350 g/mol. The van der Waals surface area contributed by atoms with Gasteiger partial charge < -0.3 is 14.6 Å². The Hall–Kier alpha value is -2.54. The Labute approximate surface area is 143 Å². The highest BCUT2D eigenvalue weighted by Crippen LogP contribution is 2.28. The van der Waals surface area contributed by atoms with Gasteiger partial charge in [0.05, 0.1) is 27.5 Å². The third-order valence-corrected chi connectivity index (χ3v) is 4.39. The first kappa shape index (κ1) is 16.3. The second-order valence-electron chi connectivity index (χ2n) is 5.64. The number of nitrogens with zero attached hydrogens (tertiary/aromatic N) is 2. The maximum atomic E-state index is 12.2. The van der Waals surface area contributed by atoms with Crippen LogP contribution in [0.15, 0.2) is 41.2 Å². The van der Waals surface area contributed by atoms with Crippen LogP contribution in [-0.4, -0.2) is 34.9 Å². The zero-order chi connectivity index (χ0) is 17.1. The quantitative estimate of drug-likeness (QED) is 0.673. The Bertz CT molecular complexity index is 740. The second kappa shape index (κ2) is 6.92. The van der Waals surface area contributed by atoms with Crippen molar-refractivity contribution in [3.8, 4) is 0 Å². The molecule has 126 valence electrons. The zero-order valence-electron chi connectivity index (χ0n) is 12.8. The summed E-state index contributed by atoms with van der Waals surface area (Å²) in [6.45, 7) is 1.26. The Kier molecular flexibility index (Phi) is 4.71. The third kappa shape index (κ3) is 3.51. The smallest absolute Gasteiger partial charge is 0.271 e.